The highest BCUT2D eigenvalue weighted by atomic mass is 79.9. The molecule has 0 unspecified atom stereocenters. The van der Waals surface area contributed by atoms with Crippen molar-refractivity contribution in [2.45, 2.75) is 6.92 Å². The van der Waals surface area contributed by atoms with Gasteiger partial charge in [-0.3, -0.25) is 9.48 Å². The number of aromatic nitrogens is 2. The van der Waals surface area contributed by atoms with Crippen LogP contribution >= 0.6 is 15.9 Å². The maximum atomic E-state index is 13.7. The Kier molecular flexibility index (Phi) is 3.11. The summed E-state index contributed by atoms with van der Waals surface area (Å²) in [4.78, 5) is 12.2. The van der Waals surface area contributed by atoms with E-state index in [9.17, 15) is 9.18 Å². The lowest BCUT2D eigenvalue weighted by atomic mass is 10.1. The quantitative estimate of drug-likeness (QED) is 0.799. The van der Waals surface area contributed by atoms with E-state index in [1.807, 2.05) is 0 Å². The molecule has 5 heteroatoms. The summed E-state index contributed by atoms with van der Waals surface area (Å²) in [5, 5.41) is 3.94. The lowest BCUT2D eigenvalue weighted by molar-refractivity contribution is 0.102. The topological polar surface area (TPSA) is 34.9 Å². The van der Waals surface area contributed by atoms with Crippen LogP contribution in [0.5, 0.6) is 0 Å². The van der Waals surface area contributed by atoms with Crippen LogP contribution in [0, 0.1) is 12.7 Å². The van der Waals surface area contributed by atoms with Crippen LogP contribution < -0.4 is 0 Å². The molecule has 0 aliphatic carbocycles. The van der Waals surface area contributed by atoms with E-state index in [2.05, 4.69) is 21.0 Å². The van der Waals surface area contributed by atoms with Gasteiger partial charge in [-0.05, 0) is 40.5 Å². The van der Waals surface area contributed by atoms with E-state index < -0.39 is 5.82 Å². The molecule has 0 saturated heterocycles. The third-order valence-corrected chi connectivity index (χ3v) is 3.06. The Labute approximate surface area is 106 Å². The molecule has 0 spiro atoms. The van der Waals surface area contributed by atoms with E-state index in [1.54, 1.807) is 20.0 Å². The molecule has 0 radical (unpaired) electrons. The zero-order chi connectivity index (χ0) is 12.6. The monoisotopic (exact) mass is 296 g/mol. The first-order valence-electron chi connectivity index (χ1n) is 4.99. The van der Waals surface area contributed by atoms with Gasteiger partial charge in [0.2, 0.25) is 5.78 Å². The number of ketones is 1. The smallest absolute Gasteiger partial charge is 0.215 e. The molecule has 0 aliphatic heterocycles. The minimum absolute atomic E-state index is 0.0555. The Morgan fingerprint density at radius 1 is 1.47 bits per heavy atom. The number of rotatable bonds is 2. The molecular formula is C12H10BrFN2O. The number of benzene rings is 1. The van der Waals surface area contributed by atoms with Crippen molar-refractivity contribution in [2.75, 3.05) is 0 Å². The predicted octanol–water partition coefficient (Wildman–Crippen LogP) is 2.86. The second kappa shape index (κ2) is 4.41. The second-order valence-electron chi connectivity index (χ2n) is 3.78. The molecule has 0 N–H and O–H groups in total. The van der Waals surface area contributed by atoms with Crippen LogP contribution in [-0.4, -0.2) is 15.6 Å². The number of carbonyl (C=O) groups excluding carboxylic acids is 1. The van der Waals surface area contributed by atoms with Gasteiger partial charge in [0, 0.05) is 7.05 Å². The SMILES string of the molecule is Cc1ccc(C(=O)c2c(Br)cnn2C)c(F)c1. The van der Waals surface area contributed by atoms with Crippen LogP contribution in [0.25, 0.3) is 0 Å². The van der Waals surface area contributed by atoms with Gasteiger partial charge in [0.1, 0.15) is 11.5 Å². The van der Waals surface area contributed by atoms with E-state index in [0.29, 0.717) is 10.2 Å². The number of hydrogen-bond acceptors (Lipinski definition) is 2. The van der Waals surface area contributed by atoms with E-state index in [4.69, 9.17) is 0 Å². The molecule has 2 rings (SSSR count). The van der Waals surface area contributed by atoms with E-state index >= 15 is 0 Å². The zero-order valence-corrected chi connectivity index (χ0v) is 11.0. The standard InChI is InChI=1S/C12H10BrFN2O/c1-7-3-4-8(10(14)5-7)12(17)11-9(13)6-15-16(11)2/h3-6H,1-2H3. The largest absolute Gasteiger partial charge is 0.287 e. The highest BCUT2D eigenvalue weighted by molar-refractivity contribution is 9.10. The molecule has 0 saturated carbocycles. The van der Waals surface area contributed by atoms with Crippen LogP contribution in [0.2, 0.25) is 0 Å². The molecule has 3 nitrogen and oxygen atoms in total. The fourth-order valence-electron chi connectivity index (χ4n) is 1.60. The van der Waals surface area contributed by atoms with E-state index in [-0.39, 0.29) is 11.3 Å². The summed E-state index contributed by atoms with van der Waals surface area (Å²) in [5.41, 5.74) is 1.18. The van der Waals surface area contributed by atoms with Gasteiger partial charge in [-0.2, -0.15) is 5.10 Å². The van der Waals surface area contributed by atoms with Gasteiger partial charge < -0.3 is 0 Å². The van der Waals surface area contributed by atoms with Gasteiger partial charge in [0.15, 0.2) is 0 Å². The Balaban J connectivity index is 2.51. The minimum Gasteiger partial charge on any atom is -0.287 e. The van der Waals surface area contributed by atoms with Gasteiger partial charge in [-0.25, -0.2) is 4.39 Å². The van der Waals surface area contributed by atoms with Crippen molar-refractivity contribution in [2.24, 2.45) is 7.05 Å². The molecular weight excluding hydrogens is 287 g/mol. The molecule has 0 fully saturated rings. The first-order valence-corrected chi connectivity index (χ1v) is 5.78. The molecule has 0 amide bonds. The molecule has 0 atom stereocenters. The Bertz CT molecular complexity index is 573. The molecule has 1 aromatic carbocycles. The Morgan fingerprint density at radius 2 is 2.18 bits per heavy atom. The van der Waals surface area contributed by atoms with Crippen LogP contribution in [-0.2, 0) is 7.05 Å². The number of halogens is 2. The predicted molar refractivity (Wildman–Crippen MR) is 65.5 cm³/mol. The van der Waals surface area contributed by atoms with Gasteiger partial charge in [0.25, 0.3) is 0 Å². The summed E-state index contributed by atoms with van der Waals surface area (Å²) in [6.45, 7) is 1.78. The normalized spacial score (nSPS) is 10.6. The van der Waals surface area contributed by atoms with Crippen molar-refractivity contribution in [1.29, 1.82) is 0 Å². The first kappa shape index (κ1) is 12.0. The van der Waals surface area contributed by atoms with Gasteiger partial charge in [-0.1, -0.05) is 6.07 Å². The van der Waals surface area contributed by atoms with Crippen molar-refractivity contribution in [3.63, 3.8) is 0 Å². The third kappa shape index (κ3) is 2.15. The summed E-state index contributed by atoms with van der Waals surface area (Å²) in [5.74, 6) is -0.891. The van der Waals surface area contributed by atoms with Crippen LogP contribution in [0.15, 0.2) is 28.9 Å². The number of carbonyl (C=O) groups is 1. The molecule has 0 aliphatic rings. The highest BCUT2D eigenvalue weighted by Crippen LogP contribution is 2.21. The maximum absolute atomic E-state index is 13.7. The number of hydrogen-bond donors (Lipinski definition) is 0. The average molecular weight is 297 g/mol. The summed E-state index contributed by atoms with van der Waals surface area (Å²) in [6, 6.07) is 4.55. The van der Waals surface area contributed by atoms with Crippen molar-refractivity contribution in [1.82, 2.24) is 9.78 Å². The Hall–Kier alpha value is -1.49. The summed E-state index contributed by atoms with van der Waals surface area (Å²) < 4.78 is 15.7. The molecule has 0 bridgehead atoms. The van der Waals surface area contributed by atoms with E-state index in [0.717, 1.165) is 5.56 Å². The lowest BCUT2D eigenvalue weighted by Gasteiger charge is -2.04. The van der Waals surface area contributed by atoms with Crippen molar-refractivity contribution >= 4 is 21.7 Å². The summed E-state index contributed by atoms with van der Waals surface area (Å²) in [6.07, 6.45) is 1.51. The lowest BCUT2D eigenvalue weighted by Crippen LogP contribution is -2.10. The van der Waals surface area contributed by atoms with Crippen LogP contribution in [0.3, 0.4) is 0 Å². The van der Waals surface area contributed by atoms with E-state index in [1.165, 1.54) is 23.0 Å². The first-order chi connectivity index (χ1) is 8.00. The summed E-state index contributed by atoms with van der Waals surface area (Å²) in [7, 11) is 1.64. The fourth-order valence-corrected chi connectivity index (χ4v) is 2.13. The van der Waals surface area contributed by atoms with Crippen LogP contribution in [0.4, 0.5) is 4.39 Å². The molecule has 88 valence electrons. The second-order valence-corrected chi connectivity index (χ2v) is 4.63. The molecule has 17 heavy (non-hydrogen) atoms. The van der Waals surface area contributed by atoms with Gasteiger partial charge in [-0.15, -0.1) is 0 Å². The molecule has 2 aromatic rings. The van der Waals surface area contributed by atoms with Crippen LogP contribution in [0.1, 0.15) is 21.6 Å². The Morgan fingerprint density at radius 3 is 2.71 bits per heavy atom. The highest BCUT2D eigenvalue weighted by Gasteiger charge is 2.20. The fraction of sp³-hybridized carbons (Fsp3) is 0.167. The zero-order valence-electron chi connectivity index (χ0n) is 9.37. The maximum Gasteiger partial charge on any atom is 0.215 e. The van der Waals surface area contributed by atoms with Gasteiger partial charge >= 0.3 is 0 Å². The molecule has 1 heterocycles. The number of aryl methyl sites for hydroxylation is 2. The van der Waals surface area contributed by atoms with Crippen molar-refractivity contribution < 1.29 is 9.18 Å². The average Bonchev–Trinajstić information content (AvgIpc) is 2.58. The van der Waals surface area contributed by atoms with Crippen molar-refractivity contribution in [3.05, 3.63) is 51.5 Å². The summed E-state index contributed by atoms with van der Waals surface area (Å²) >= 11 is 3.23. The van der Waals surface area contributed by atoms with Gasteiger partial charge in [0.05, 0.1) is 16.2 Å². The minimum atomic E-state index is -0.511. The number of nitrogens with zero attached hydrogens (tertiary/aromatic N) is 2. The molecule has 1 aromatic heterocycles. The van der Waals surface area contributed by atoms with Crippen molar-refractivity contribution in [3.8, 4) is 0 Å². The third-order valence-electron chi connectivity index (χ3n) is 2.48.